The Morgan fingerprint density at radius 3 is 1.47 bits per heavy atom. The van der Waals surface area contributed by atoms with E-state index in [0.29, 0.717) is 28.0 Å². The van der Waals surface area contributed by atoms with Crippen LogP contribution in [0.3, 0.4) is 0 Å². The van der Waals surface area contributed by atoms with Gasteiger partial charge in [0.2, 0.25) is 5.82 Å². The molecule has 73 heteroatoms. The number of anilines is 5. The highest BCUT2D eigenvalue weighted by Crippen LogP contribution is 2.47. The number of ketones is 1. The average Bonchev–Trinajstić information content (AvgIpc) is 1.63. The van der Waals surface area contributed by atoms with Gasteiger partial charge >= 0.3 is 28.7 Å². The Kier molecular flexibility index (Phi) is 40.7. The number of primary amides is 1. The van der Waals surface area contributed by atoms with Crippen LogP contribution in [-0.4, -0.2) is 375 Å². The third-order valence-corrected chi connectivity index (χ3v) is 26.1. The van der Waals surface area contributed by atoms with Gasteiger partial charge in [-0.1, -0.05) is 19.6 Å². The number of ether oxygens (including phenoxy) is 6. The van der Waals surface area contributed by atoms with Crippen molar-refractivity contribution in [1.29, 1.82) is 0 Å². The molecule has 0 aliphatic carbocycles. The van der Waals surface area contributed by atoms with E-state index in [4.69, 9.17) is 130 Å². The number of rotatable bonds is 27. The molecule has 17 rings (SSSR count). The molecule has 33 N–H and O–H groups in total. The molecule has 8 aliphatic heterocycles. The first-order valence-electron chi connectivity index (χ1n) is 42.4. The largest absolute Gasteiger partial charge is 0.469 e. The van der Waals surface area contributed by atoms with Gasteiger partial charge in [-0.25, -0.2) is 58.9 Å². The number of imidazole rings is 3. The SMILES string of the molecule is C.CNc1ccccc1C(C)=O.CP(=O)(O)OCC1OC(n2cnc(C(N)=O)n2)C(O)C1O.CP(=O)(O)OC[C@@H]1O[C@H](n2ccc3c(N)ncnc32)[C@@H](O)[C@H]1O.CP(O)(=S)OC[C@H]1OC(n2ccc(=O)[nH]c2=O)C[C@@H]1O.CP(O)(=S)OC[C@H]1O[C@@H](n2cnc3c(N)ncnc32)[C@H](O)[C@@H]1O.CP(O)(=S)OC[C@H]1O[C@@H](n2cnc3c2NC(N)NC3=O)C[C@@H]1O.NC1=NC(O)c2ncn([C@@H]3O[C@H](COP(=O)(O)O)[C@@H](O)C3O)c2N1. The van der Waals surface area contributed by atoms with Gasteiger partial charge in [-0.2, -0.15) is 0 Å². The Bertz CT molecular complexity index is 6350. The van der Waals surface area contributed by atoms with E-state index in [1.165, 1.54) is 82.2 Å². The van der Waals surface area contributed by atoms with Crippen LogP contribution in [0.5, 0.6) is 0 Å². The zero-order valence-corrected chi connectivity index (χ0v) is 84.6. The van der Waals surface area contributed by atoms with Crippen molar-refractivity contribution in [3.63, 3.8) is 0 Å². The predicted octanol–water partition coefficient (Wildman–Crippen LogP) is -5.81. The number of carbonyl (C=O) groups excluding carboxylic acids is 3. The number of hydrogen-bond acceptors (Lipinski definition) is 51. The molecule has 146 heavy (non-hydrogen) atoms. The molecule has 64 nitrogen and oxygen atoms in total. The number of phosphoric acid groups is 1. The molecular formula is C73H112N26O38P6S3. The van der Waals surface area contributed by atoms with Gasteiger partial charge in [-0.3, -0.25) is 61.8 Å². The molecule has 16 heterocycles. The third kappa shape index (κ3) is 31.4. The summed E-state index contributed by atoms with van der Waals surface area (Å²) in [4.78, 5) is 158. The second-order valence-electron chi connectivity index (χ2n) is 32.8. The predicted molar refractivity (Wildman–Crippen MR) is 517 cm³/mol. The molecule has 6 saturated heterocycles. The van der Waals surface area contributed by atoms with Crippen LogP contribution in [0.25, 0.3) is 22.2 Å². The number of nitrogens with zero attached hydrogens (tertiary/aromatic N) is 16. The Labute approximate surface area is 839 Å². The number of aromatic amines is 1. The summed E-state index contributed by atoms with van der Waals surface area (Å²) in [7, 11) is -10.4. The minimum Gasteiger partial charge on any atom is -0.390 e. The second-order valence-corrected chi connectivity index (χ2v) is 49.4. The molecule has 29 atom stereocenters. The molecule has 810 valence electrons. The number of aliphatic hydroxyl groups excluding tert-OH is 11. The van der Waals surface area contributed by atoms with Crippen LogP contribution in [-0.2, 0) is 105 Å². The van der Waals surface area contributed by atoms with Gasteiger partial charge < -0.3 is 190 Å². The van der Waals surface area contributed by atoms with Crippen molar-refractivity contribution in [3.8, 4) is 0 Å². The molecule has 0 radical (unpaired) electrons. The summed E-state index contributed by atoms with van der Waals surface area (Å²) in [6.07, 6.45) is -13.8. The number of fused-ring (bicyclic) bond motifs is 4. The Balaban J connectivity index is 0.000000176. The van der Waals surface area contributed by atoms with Crippen molar-refractivity contribution in [2.45, 2.75) is 175 Å². The van der Waals surface area contributed by atoms with Crippen LogP contribution < -0.4 is 61.2 Å². The molecule has 8 aliphatic rings. The molecular weight excluding hydrogens is 2130 g/mol. The average molecular weight is 2240 g/mol. The number of Topliss-reactive ketones (excluding diaryl/α,β-unsaturated/α-hetero) is 1. The number of phosphoric ester groups is 1. The van der Waals surface area contributed by atoms with E-state index in [1.807, 2.05) is 31.3 Å². The summed E-state index contributed by atoms with van der Waals surface area (Å²) in [6, 6.07) is 10.3. The number of amides is 2. The first-order valence-corrected chi connectivity index (χ1v) is 57.3. The molecule has 6 fully saturated rings. The molecule has 2 amide bonds. The lowest BCUT2D eigenvalue weighted by molar-refractivity contribution is -0.0563. The highest BCUT2D eigenvalue weighted by Gasteiger charge is 2.51. The fourth-order valence-electron chi connectivity index (χ4n) is 14.6. The summed E-state index contributed by atoms with van der Waals surface area (Å²) in [6.45, 7) is -2.28. The summed E-state index contributed by atoms with van der Waals surface area (Å²) in [5.41, 5.74) is 29.8. The molecule has 0 spiro atoms. The number of aliphatic hydroxyl groups is 11. The summed E-state index contributed by atoms with van der Waals surface area (Å²) >= 11 is 14.3. The van der Waals surface area contributed by atoms with Crippen molar-refractivity contribution in [1.82, 2.24) is 82.8 Å². The Morgan fingerprint density at radius 2 is 0.973 bits per heavy atom. The number of nitrogens with one attached hydrogen (secondary N) is 5. The van der Waals surface area contributed by atoms with E-state index in [1.54, 1.807) is 23.8 Å². The van der Waals surface area contributed by atoms with Crippen LogP contribution >= 0.6 is 42.5 Å². The lowest BCUT2D eigenvalue weighted by Gasteiger charge is -2.25. The summed E-state index contributed by atoms with van der Waals surface area (Å²) in [5, 5.41) is 125. The van der Waals surface area contributed by atoms with Gasteiger partial charge in [-0.05, 0) is 60.5 Å². The first kappa shape index (κ1) is 119. The number of aliphatic imine (C=N–C) groups is 1. The van der Waals surface area contributed by atoms with Crippen LogP contribution in [0.15, 0.2) is 101 Å². The van der Waals surface area contributed by atoms with Gasteiger partial charge in [0, 0.05) is 82.9 Å². The van der Waals surface area contributed by atoms with Crippen LogP contribution in [0.4, 0.5) is 29.0 Å². The third-order valence-electron chi connectivity index (χ3n) is 21.5. The van der Waals surface area contributed by atoms with Gasteiger partial charge in [0.25, 0.3) is 17.4 Å². The zero-order chi connectivity index (χ0) is 107. The van der Waals surface area contributed by atoms with Crippen LogP contribution in [0.1, 0.15) is 108 Å². The van der Waals surface area contributed by atoms with Crippen LogP contribution in [0, 0.1) is 0 Å². The topological polar surface area (TPSA) is 963 Å². The monoisotopic (exact) mass is 2240 g/mol. The minimum absolute atomic E-state index is 0. The van der Waals surface area contributed by atoms with E-state index >= 15 is 0 Å². The van der Waals surface area contributed by atoms with Crippen molar-refractivity contribution < 1.29 is 174 Å². The maximum Gasteiger partial charge on any atom is 0.469 e. The number of hydrogen-bond donors (Lipinski definition) is 28. The molecule has 0 bridgehead atoms. The fourth-order valence-corrected chi connectivity index (χ4v) is 17.6. The van der Waals surface area contributed by atoms with Gasteiger partial charge in [0.05, 0.1) is 76.2 Å². The standard InChI is InChI=1S/C12H17N4O6P.C11H16N5O5PS.C11H18N5O5PS.C10H16N5O8P.C10H15N2O6PS.C9H15N4O7P.C9H11NO.CH4/c1-23(19,20)21-4-7-8(17)9(18)12(22-7)16-3-2-6-10(13)14-5-15-11(6)16;1-22(19,23)20-2-5-7(17)8(18)11(21-5)16-4-15-6-9(12)13-3-14-10(6)16;1-22(19,23)20-3-6-5(17)2-7(21-6)16-4-13-8-9(16)14-11(12)15-10(8)18;11-10-13-7-4(8(18)14-10)12-2-15(7)9-6(17)5(16)3(23-9)1-22-24(19,20)21;1-19(16,20)17-5-7-6(13)4-9(18-7)12-3-2-8(14)11-10(12)15;1-21(17,18)19-2-4-5(14)6(15)9(20-4)13-3-11-8(12-13)7(10)16;1-7(11)8-5-3-4-6-9(8)10-2;/h2-3,5,7-9,12,17-18H,4H2,1H3,(H,19,20)(H2,13,14,15);3-5,7-8,11,17-18H,2H2,1H3,(H,19,23)(H2,12,13,14);4-7,11,14,17H,2-3,12H2,1H3,(H,15,18)(H,19,23);2-3,5-6,8-9,16-18H,1H2,(H3,11,13,14)(H2,19,20,21);2-3,6-7,9,13H,4-5H2,1H3,(H,16,20)(H,11,14,15);3-6,9,14-15H,2H2,1H3,(H2,10,16)(H,17,18);3-6,10H,1-2H3;1H4/t7-,8-,9-,12-;5-,7-,8-,11-,22?;5-,6+,7+,11?,22?;3-,5-,6?,8?,9-;6-,7+,9?,19?;;;/m01010.../s1. The number of benzene rings is 1. The lowest BCUT2D eigenvalue weighted by atomic mass is 10.1. The van der Waals surface area contributed by atoms with E-state index < -0.39 is 220 Å². The van der Waals surface area contributed by atoms with E-state index in [0.717, 1.165) is 35.6 Å². The number of para-hydroxylation sites is 1. The number of carbonyl (C=O) groups is 3. The van der Waals surface area contributed by atoms with Crippen molar-refractivity contribution in [2.75, 3.05) is 107 Å². The molecule has 9 aromatic rings. The van der Waals surface area contributed by atoms with Crippen molar-refractivity contribution in [3.05, 3.63) is 130 Å². The fraction of sp³-hybridized carbons (Fsp3) is 0.548. The number of nitrogens with two attached hydrogens (primary N) is 5. The van der Waals surface area contributed by atoms with Gasteiger partial charge in [-0.15, -0.1) is 5.10 Å². The highest BCUT2D eigenvalue weighted by molar-refractivity contribution is 8.09. The number of H-pyrrole nitrogens is 1. The normalized spacial score (nSPS) is 29.5. The lowest BCUT2D eigenvalue weighted by Crippen LogP contribution is -2.51. The number of aromatic nitrogens is 16. The molecule has 8 aromatic heterocycles. The van der Waals surface area contributed by atoms with Crippen molar-refractivity contribution >= 4 is 153 Å². The first-order chi connectivity index (χ1) is 67.7. The quantitative estimate of drug-likeness (QED) is 0.0168. The second kappa shape index (κ2) is 49.9. The summed E-state index contributed by atoms with van der Waals surface area (Å²) in [5.74, 6) is -0.355. The Hall–Kier alpha value is -8.89. The molecule has 0 saturated carbocycles. The zero-order valence-electron chi connectivity index (χ0n) is 76.8. The smallest absolute Gasteiger partial charge is 0.390 e. The van der Waals surface area contributed by atoms with Gasteiger partial charge in [0.1, 0.15) is 151 Å². The maximum absolute atomic E-state index is 11.8. The van der Waals surface area contributed by atoms with E-state index in [9.17, 15) is 109 Å². The number of nitrogen functional groups attached to an aromatic ring is 2. The maximum atomic E-state index is 11.8. The molecule has 13 unspecified atom stereocenters. The number of guanidine groups is 1. The Morgan fingerprint density at radius 1 is 0.514 bits per heavy atom. The van der Waals surface area contributed by atoms with E-state index in [-0.39, 0.29) is 99.0 Å². The van der Waals surface area contributed by atoms with Gasteiger partial charge in [0.15, 0.2) is 85.8 Å². The highest BCUT2D eigenvalue weighted by atomic mass is 32.5. The molecule has 1 aromatic carbocycles. The van der Waals surface area contributed by atoms with E-state index in [2.05, 4.69) is 85.3 Å². The summed E-state index contributed by atoms with van der Waals surface area (Å²) < 4.78 is 103. The van der Waals surface area contributed by atoms with Crippen molar-refractivity contribution in [2.24, 2.45) is 22.2 Å². The minimum atomic E-state index is -4.75. The van der Waals surface area contributed by atoms with Crippen LogP contribution in [0.2, 0.25) is 0 Å².